The summed E-state index contributed by atoms with van der Waals surface area (Å²) in [5.74, 6) is -1.96. The highest BCUT2D eigenvalue weighted by Gasteiger charge is 2.72. The second kappa shape index (κ2) is 11.9. The van der Waals surface area contributed by atoms with Crippen molar-refractivity contribution in [3.8, 4) is 23.0 Å². The monoisotopic (exact) mass is 617 g/mol. The largest absolute Gasteiger partial charge is 0.508 e. The van der Waals surface area contributed by atoms with E-state index in [4.69, 9.17) is 4.74 Å². The molecule has 230 valence electrons. The van der Waals surface area contributed by atoms with Crippen molar-refractivity contribution in [1.29, 1.82) is 0 Å². The Morgan fingerprint density at radius 1 is 0.705 bits per heavy atom. The zero-order valence-corrected chi connectivity index (χ0v) is 23.2. The van der Waals surface area contributed by atoms with Gasteiger partial charge in [-0.2, -0.15) is 26.3 Å². The second-order valence-corrected chi connectivity index (χ2v) is 9.84. The number of anilines is 1. The number of phenols is 2. The summed E-state index contributed by atoms with van der Waals surface area (Å²) in [7, 11) is 0. The van der Waals surface area contributed by atoms with Crippen LogP contribution in [0.15, 0.2) is 84.9 Å². The van der Waals surface area contributed by atoms with Crippen molar-refractivity contribution in [3.63, 3.8) is 0 Å². The quantitative estimate of drug-likeness (QED) is 0.105. The van der Waals surface area contributed by atoms with Gasteiger partial charge in [0.2, 0.25) is 5.41 Å². The van der Waals surface area contributed by atoms with Crippen molar-refractivity contribution in [3.05, 3.63) is 113 Å². The van der Waals surface area contributed by atoms with Gasteiger partial charge in [-0.3, -0.25) is 9.59 Å². The first-order valence-corrected chi connectivity index (χ1v) is 13.1. The number of phenolic OH excluding ortho intramolecular Hbond substituents is 2. The molecule has 0 spiro atoms. The number of ketones is 1. The number of hydrogen-bond acceptors (Lipinski definition) is 5. The summed E-state index contributed by atoms with van der Waals surface area (Å²) >= 11 is 0. The molecule has 4 rings (SSSR count). The average molecular weight is 618 g/mol. The van der Waals surface area contributed by atoms with Crippen molar-refractivity contribution in [2.45, 2.75) is 38.0 Å². The third-order valence-electron chi connectivity index (χ3n) is 7.04. The number of halogens is 6. The Morgan fingerprint density at radius 3 is 1.61 bits per heavy atom. The lowest BCUT2D eigenvalue weighted by atomic mass is 9.72. The molecule has 0 aromatic heterocycles. The topological polar surface area (TPSA) is 95.9 Å². The average Bonchev–Trinajstić information content (AvgIpc) is 2.94. The van der Waals surface area contributed by atoms with E-state index in [0.29, 0.717) is 35.3 Å². The van der Waals surface area contributed by atoms with E-state index in [0.717, 1.165) is 12.1 Å². The van der Waals surface area contributed by atoms with Crippen LogP contribution in [0, 0.1) is 0 Å². The number of Topliss-reactive ketones (excluding diaryl/α,β-unsaturated/α-hetero) is 1. The molecule has 0 aliphatic heterocycles. The lowest BCUT2D eigenvalue weighted by Gasteiger charge is -2.38. The summed E-state index contributed by atoms with van der Waals surface area (Å²) in [6, 6.07) is 15.5. The molecule has 0 saturated carbocycles. The third-order valence-corrected chi connectivity index (χ3v) is 7.04. The molecule has 0 atom stereocenters. The summed E-state index contributed by atoms with van der Waals surface area (Å²) in [6.45, 7) is 2.99. The minimum Gasteiger partial charge on any atom is -0.508 e. The number of benzene rings is 4. The van der Waals surface area contributed by atoms with Crippen LogP contribution in [0.3, 0.4) is 0 Å². The van der Waals surface area contributed by atoms with Crippen LogP contribution in [-0.2, 0) is 11.8 Å². The Balaban J connectivity index is 1.61. The number of aryl methyl sites for hydroxylation is 1. The van der Waals surface area contributed by atoms with E-state index >= 15 is 0 Å². The summed E-state index contributed by atoms with van der Waals surface area (Å²) in [5, 5.41) is 22.9. The van der Waals surface area contributed by atoms with E-state index in [-0.39, 0.29) is 29.4 Å². The van der Waals surface area contributed by atoms with Crippen molar-refractivity contribution in [1.82, 2.24) is 0 Å². The lowest BCUT2D eigenvalue weighted by Crippen LogP contribution is -2.54. The van der Waals surface area contributed by atoms with Gasteiger partial charge >= 0.3 is 12.4 Å². The van der Waals surface area contributed by atoms with E-state index in [1.165, 1.54) is 31.2 Å². The molecule has 6 nitrogen and oxygen atoms in total. The van der Waals surface area contributed by atoms with Crippen molar-refractivity contribution >= 4 is 17.4 Å². The second-order valence-electron chi connectivity index (χ2n) is 9.84. The standard InChI is InChI=1S/C32H25F6NO5/c1-3-19-4-9-22(16-27(19)41)30(31(33,34)35,32(36,37)38)23-10-15-26(28(42)17-23)39-29(43)21-7-13-25(14-8-21)44-24-11-5-20(6-12-24)18(2)40/h4-17,41-42H,3H2,1-2H3,(H,39,43). The predicted molar refractivity (Wildman–Crippen MR) is 149 cm³/mol. The molecule has 4 aromatic carbocycles. The molecule has 3 N–H and O–H groups in total. The number of alkyl halides is 6. The van der Waals surface area contributed by atoms with Gasteiger partial charge in [-0.05, 0) is 96.8 Å². The fourth-order valence-corrected chi connectivity index (χ4v) is 4.71. The summed E-state index contributed by atoms with van der Waals surface area (Å²) < 4.78 is 92.4. The van der Waals surface area contributed by atoms with E-state index in [1.807, 2.05) is 0 Å². The zero-order valence-electron chi connectivity index (χ0n) is 23.2. The van der Waals surface area contributed by atoms with E-state index in [1.54, 1.807) is 31.2 Å². The number of rotatable bonds is 8. The summed E-state index contributed by atoms with van der Waals surface area (Å²) in [5.41, 5.74) is -7.02. The van der Waals surface area contributed by atoms with Crippen molar-refractivity contribution in [2.24, 2.45) is 0 Å². The molecular weight excluding hydrogens is 592 g/mol. The minimum atomic E-state index is -5.94. The molecule has 0 radical (unpaired) electrons. The number of ether oxygens (including phenoxy) is 1. The van der Waals surface area contributed by atoms with Gasteiger partial charge in [0.15, 0.2) is 5.78 Å². The first kappa shape index (κ1) is 31.9. The van der Waals surface area contributed by atoms with Crippen LogP contribution in [-0.4, -0.2) is 34.3 Å². The highest BCUT2D eigenvalue weighted by Crippen LogP contribution is 2.57. The van der Waals surface area contributed by atoms with Crippen LogP contribution >= 0.6 is 0 Å². The van der Waals surface area contributed by atoms with Crippen LogP contribution in [0.1, 0.15) is 51.3 Å². The van der Waals surface area contributed by atoms with Crippen LogP contribution in [0.5, 0.6) is 23.0 Å². The molecule has 0 heterocycles. The Morgan fingerprint density at radius 2 is 1.18 bits per heavy atom. The van der Waals surface area contributed by atoms with Crippen LogP contribution < -0.4 is 10.1 Å². The number of aromatic hydroxyl groups is 2. The van der Waals surface area contributed by atoms with Gasteiger partial charge in [-0.1, -0.05) is 25.1 Å². The normalized spacial score (nSPS) is 12.1. The zero-order chi connectivity index (χ0) is 32.4. The molecule has 0 fully saturated rings. The molecule has 0 saturated heterocycles. The van der Waals surface area contributed by atoms with Gasteiger partial charge in [0, 0.05) is 11.1 Å². The maximum absolute atomic E-state index is 14.5. The van der Waals surface area contributed by atoms with Gasteiger partial charge in [-0.25, -0.2) is 0 Å². The molecule has 0 aliphatic carbocycles. The number of nitrogens with one attached hydrogen (secondary N) is 1. The van der Waals surface area contributed by atoms with Gasteiger partial charge in [-0.15, -0.1) is 0 Å². The molecule has 4 aromatic rings. The first-order chi connectivity index (χ1) is 20.6. The van der Waals surface area contributed by atoms with Crippen LogP contribution in [0.2, 0.25) is 0 Å². The van der Waals surface area contributed by atoms with E-state index in [2.05, 4.69) is 5.32 Å². The highest BCUT2D eigenvalue weighted by molar-refractivity contribution is 6.05. The molecule has 44 heavy (non-hydrogen) atoms. The summed E-state index contributed by atoms with van der Waals surface area (Å²) in [4.78, 5) is 24.2. The third kappa shape index (κ3) is 6.05. The fourth-order valence-electron chi connectivity index (χ4n) is 4.71. The fraction of sp³-hybridized carbons (Fsp3) is 0.188. The van der Waals surface area contributed by atoms with Crippen LogP contribution in [0.4, 0.5) is 32.0 Å². The Kier molecular flexibility index (Phi) is 8.67. The minimum absolute atomic E-state index is 0.0409. The van der Waals surface area contributed by atoms with Crippen molar-refractivity contribution in [2.75, 3.05) is 5.32 Å². The molecule has 0 bridgehead atoms. The van der Waals surface area contributed by atoms with Gasteiger partial charge < -0.3 is 20.3 Å². The lowest BCUT2D eigenvalue weighted by molar-refractivity contribution is -0.288. The number of hydrogen-bond donors (Lipinski definition) is 3. The van der Waals surface area contributed by atoms with Gasteiger partial charge in [0.25, 0.3) is 5.91 Å². The Bertz CT molecular complexity index is 1670. The maximum Gasteiger partial charge on any atom is 0.411 e. The van der Waals surface area contributed by atoms with Gasteiger partial charge in [0.1, 0.15) is 23.0 Å². The molecule has 0 aliphatic rings. The number of carbonyl (C=O) groups is 2. The smallest absolute Gasteiger partial charge is 0.411 e. The van der Waals surface area contributed by atoms with E-state index in [9.17, 15) is 46.1 Å². The molecule has 1 amide bonds. The van der Waals surface area contributed by atoms with Crippen molar-refractivity contribution < 1.29 is 50.9 Å². The molecule has 0 unspecified atom stereocenters. The van der Waals surface area contributed by atoms with Gasteiger partial charge in [0.05, 0.1) is 5.69 Å². The highest BCUT2D eigenvalue weighted by atomic mass is 19.4. The molecular formula is C32H25F6NO5. The molecule has 12 heteroatoms. The predicted octanol–water partition coefficient (Wildman–Crippen LogP) is 8.32. The number of carbonyl (C=O) groups excluding carboxylic acids is 2. The Hall–Kier alpha value is -5.00. The van der Waals surface area contributed by atoms with Crippen LogP contribution in [0.25, 0.3) is 0 Å². The number of amides is 1. The first-order valence-electron chi connectivity index (χ1n) is 13.1. The summed E-state index contributed by atoms with van der Waals surface area (Å²) in [6.07, 6.45) is -11.7. The SMILES string of the molecule is CCc1ccc(C(c2ccc(NC(=O)c3ccc(Oc4ccc(C(C)=O)cc4)cc3)c(O)c2)(C(F)(F)F)C(F)(F)F)cc1O. The maximum atomic E-state index is 14.5. The Labute approximate surface area is 247 Å². The van der Waals surface area contributed by atoms with E-state index < -0.39 is 52.0 Å².